The number of carbonyl (C=O) groups is 2. The molecule has 3 fully saturated rings. The smallest absolute Gasteiger partial charge is 0.227 e. The molecule has 0 aromatic heterocycles. The monoisotopic (exact) mass is 344 g/mol. The molecule has 0 aliphatic carbocycles. The van der Waals surface area contributed by atoms with Gasteiger partial charge in [-0.1, -0.05) is 6.07 Å². The fraction of sp³-hybridized carbons (Fsp3) is 0.579. The van der Waals surface area contributed by atoms with Gasteiger partial charge in [0.2, 0.25) is 11.8 Å². The average molecular weight is 344 g/mol. The van der Waals surface area contributed by atoms with Crippen LogP contribution in [0.4, 0.5) is 5.69 Å². The Morgan fingerprint density at radius 1 is 1.36 bits per heavy atom. The van der Waals surface area contributed by atoms with E-state index >= 15 is 0 Å². The Hall–Kier alpha value is -2.08. The van der Waals surface area contributed by atoms with Crippen LogP contribution >= 0.6 is 0 Å². The van der Waals surface area contributed by atoms with Crippen molar-refractivity contribution in [3.63, 3.8) is 0 Å². The van der Waals surface area contributed by atoms with Crippen molar-refractivity contribution in [3.8, 4) is 5.75 Å². The van der Waals surface area contributed by atoms with E-state index in [9.17, 15) is 9.59 Å². The molecule has 134 valence electrons. The minimum atomic E-state index is -0.322. The maximum Gasteiger partial charge on any atom is 0.227 e. The van der Waals surface area contributed by atoms with Gasteiger partial charge in [0.05, 0.1) is 37.0 Å². The molecule has 2 bridgehead atoms. The second-order valence-electron chi connectivity index (χ2n) is 7.31. The third kappa shape index (κ3) is 2.99. The van der Waals surface area contributed by atoms with Crippen LogP contribution in [0.1, 0.15) is 31.2 Å². The first-order valence-electron chi connectivity index (χ1n) is 8.96. The number of hydrogen-bond acceptors (Lipinski definition) is 4. The van der Waals surface area contributed by atoms with E-state index in [-0.39, 0.29) is 36.3 Å². The molecule has 0 spiro atoms. The molecule has 6 nitrogen and oxygen atoms in total. The molecular formula is C19H24N2O4. The summed E-state index contributed by atoms with van der Waals surface area (Å²) in [5.41, 5.74) is 1.79. The third-order valence-corrected chi connectivity index (χ3v) is 5.55. The molecule has 0 unspecified atom stereocenters. The van der Waals surface area contributed by atoms with Crippen molar-refractivity contribution >= 4 is 17.5 Å². The third-order valence-electron chi connectivity index (χ3n) is 5.55. The molecule has 6 heteroatoms. The van der Waals surface area contributed by atoms with Crippen LogP contribution in [0.3, 0.4) is 0 Å². The molecule has 3 saturated heterocycles. The molecule has 4 atom stereocenters. The summed E-state index contributed by atoms with van der Waals surface area (Å²) < 4.78 is 11.2. The van der Waals surface area contributed by atoms with Gasteiger partial charge in [-0.2, -0.15) is 0 Å². The molecule has 3 aliphatic rings. The second-order valence-corrected chi connectivity index (χ2v) is 7.31. The Bertz CT molecular complexity index is 705. The number of benzene rings is 1. The number of nitrogens with zero attached hydrogens (tertiary/aromatic N) is 1. The van der Waals surface area contributed by atoms with Gasteiger partial charge in [0.1, 0.15) is 5.75 Å². The van der Waals surface area contributed by atoms with Gasteiger partial charge in [-0.3, -0.25) is 9.59 Å². The highest BCUT2D eigenvalue weighted by atomic mass is 16.5. The Kier molecular flexibility index (Phi) is 4.15. The molecule has 4 rings (SSSR count). The molecule has 1 N–H and O–H groups in total. The molecule has 3 aliphatic heterocycles. The molecule has 3 heterocycles. The molecule has 0 saturated carbocycles. The lowest BCUT2D eigenvalue weighted by atomic mass is 9.95. The van der Waals surface area contributed by atoms with E-state index < -0.39 is 0 Å². The maximum atomic E-state index is 12.6. The summed E-state index contributed by atoms with van der Waals surface area (Å²) in [5.74, 6) is 0.259. The van der Waals surface area contributed by atoms with E-state index in [0.29, 0.717) is 18.4 Å². The van der Waals surface area contributed by atoms with Crippen LogP contribution in [0.25, 0.3) is 0 Å². The molecule has 1 aromatic rings. The number of fused-ring (bicyclic) bond motifs is 2. The summed E-state index contributed by atoms with van der Waals surface area (Å²) >= 11 is 0. The van der Waals surface area contributed by atoms with E-state index in [1.54, 1.807) is 12.0 Å². The molecule has 0 radical (unpaired) electrons. The lowest BCUT2D eigenvalue weighted by molar-refractivity contribution is -0.127. The lowest BCUT2D eigenvalue weighted by Gasteiger charge is -2.23. The quantitative estimate of drug-likeness (QED) is 0.904. The van der Waals surface area contributed by atoms with Gasteiger partial charge in [0, 0.05) is 13.0 Å². The van der Waals surface area contributed by atoms with Gasteiger partial charge in [0.25, 0.3) is 0 Å². The first-order chi connectivity index (χ1) is 12.0. The predicted molar refractivity (Wildman–Crippen MR) is 92.6 cm³/mol. The van der Waals surface area contributed by atoms with Crippen molar-refractivity contribution < 1.29 is 19.1 Å². The average Bonchev–Trinajstić information content (AvgIpc) is 3.30. The molecule has 1 aromatic carbocycles. The maximum absolute atomic E-state index is 12.6. The van der Waals surface area contributed by atoms with Gasteiger partial charge in [-0.05, 0) is 43.9 Å². The number of ether oxygens (including phenoxy) is 2. The van der Waals surface area contributed by atoms with Crippen LogP contribution in [-0.2, 0) is 14.3 Å². The summed E-state index contributed by atoms with van der Waals surface area (Å²) in [7, 11) is 1.59. The predicted octanol–water partition coefficient (Wildman–Crippen LogP) is 1.79. The van der Waals surface area contributed by atoms with Gasteiger partial charge >= 0.3 is 0 Å². The van der Waals surface area contributed by atoms with Gasteiger partial charge in [-0.25, -0.2) is 0 Å². The number of carbonyl (C=O) groups excluding carboxylic acids is 2. The number of amides is 2. The van der Waals surface area contributed by atoms with Crippen molar-refractivity contribution in [3.05, 3.63) is 23.8 Å². The SMILES string of the molecule is COc1ccc(C)cc1N1C[C@H](C(=O)N[C@@H]2C[C@H]3CC[C@@H]2O3)CC1=O. The first kappa shape index (κ1) is 16.4. The zero-order chi connectivity index (χ0) is 17.6. The van der Waals surface area contributed by atoms with Crippen LogP contribution in [-0.4, -0.2) is 43.7 Å². The number of aryl methyl sites for hydroxylation is 1. The van der Waals surface area contributed by atoms with E-state index in [1.807, 2.05) is 25.1 Å². The molecule has 2 amide bonds. The number of methoxy groups -OCH3 is 1. The largest absolute Gasteiger partial charge is 0.495 e. The van der Waals surface area contributed by atoms with Crippen molar-refractivity contribution in [2.45, 2.75) is 50.9 Å². The van der Waals surface area contributed by atoms with E-state index in [1.165, 1.54) is 0 Å². The highest BCUT2D eigenvalue weighted by Crippen LogP contribution is 2.36. The fourth-order valence-corrected chi connectivity index (χ4v) is 4.22. The zero-order valence-electron chi connectivity index (χ0n) is 14.7. The van der Waals surface area contributed by atoms with Gasteiger partial charge in [0.15, 0.2) is 0 Å². The second kappa shape index (κ2) is 6.33. The number of hydrogen-bond donors (Lipinski definition) is 1. The summed E-state index contributed by atoms with van der Waals surface area (Å²) in [6.07, 6.45) is 3.70. The van der Waals surface area contributed by atoms with E-state index in [4.69, 9.17) is 9.47 Å². The zero-order valence-corrected chi connectivity index (χ0v) is 14.7. The highest BCUT2D eigenvalue weighted by Gasteiger charge is 2.43. The summed E-state index contributed by atoms with van der Waals surface area (Å²) in [5, 5.41) is 3.11. The van der Waals surface area contributed by atoms with Gasteiger partial charge in [-0.15, -0.1) is 0 Å². The van der Waals surface area contributed by atoms with E-state index in [2.05, 4.69) is 5.32 Å². The Morgan fingerprint density at radius 2 is 2.20 bits per heavy atom. The van der Waals surface area contributed by atoms with Crippen LogP contribution in [0, 0.1) is 12.8 Å². The summed E-state index contributed by atoms with van der Waals surface area (Å²) in [6, 6.07) is 5.84. The van der Waals surface area contributed by atoms with Crippen molar-refractivity contribution in [1.29, 1.82) is 0 Å². The topological polar surface area (TPSA) is 67.9 Å². The normalized spacial score (nSPS) is 30.8. The van der Waals surface area contributed by atoms with Crippen molar-refractivity contribution in [1.82, 2.24) is 5.32 Å². The fourth-order valence-electron chi connectivity index (χ4n) is 4.22. The first-order valence-corrected chi connectivity index (χ1v) is 8.96. The van der Waals surface area contributed by atoms with Crippen LogP contribution in [0.2, 0.25) is 0 Å². The molecule has 25 heavy (non-hydrogen) atoms. The number of anilines is 1. The minimum absolute atomic E-state index is 0.0340. The lowest BCUT2D eigenvalue weighted by Crippen LogP contribution is -2.44. The Balaban J connectivity index is 1.45. The number of nitrogens with one attached hydrogen (secondary N) is 1. The van der Waals surface area contributed by atoms with Crippen LogP contribution in [0.5, 0.6) is 5.75 Å². The van der Waals surface area contributed by atoms with E-state index in [0.717, 1.165) is 30.5 Å². The standard InChI is InChI=1S/C19H24N2O4/c1-11-3-5-17(24-2)15(7-11)21-10-12(8-18(21)22)19(23)20-14-9-13-4-6-16(14)25-13/h3,5,7,12-14,16H,4,6,8-10H2,1-2H3,(H,20,23)/t12-,13-,14-,16+/m1/s1. The number of rotatable bonds is 4. The minimum Gasteiger partial charge on any atom is -0.495 e. The van der Waals surface area contributed by atoms with Crippen LogP contribution in [0.15, 0.2) is 18.2 Å². The Labute approximate surface area is 147 Å². The molecular weight excluding hydrogens is 320 g/mol. The van der Waals surface area contributed by atoms with Gasteiger partial charge < -0.3 is 19.7 Å². The van der Waals surface area contributed by atoms with Crippen molar-refractivity contribution in [2.24, 2.45) is 5.92 Å². The van der Waals surface area contributed by atoms with Crippen LogP contribution < -0.4 is 15.0 Å². The highest BCUT2D eigenvalue weighted by molar-refractivity contribution is 6.01. The summed E-state index contributed by atoms with van der Waals surface area (Å²) in [4.78, 5) is 26.8. The summed E-state index contributed by atoms with van der Waals surface area (Å²) in [6.45, 7) is 2.37. The Morgan fingerprint density at radius 3 is 2.88 bits per heavy atom. The van der Waals surface area contributed by atoms with Crippen molar-refractivity contribution in [2.75, 3.05) is 18.6 Å².